The average Bonchev–Trinajstić information content (AvgIpc) is 3.00. The molecular formula is C16H17N3O5. The summed E-state index contributed by atoms with van der Waals surface area (Å²) in [6.45, 7) is 2.03. The minimum atomic E-state index is -0.228. The molecule has 1 aromatic rings. The predicted molar refractivity (Wildman–Crippen MR) is 81.5 cm³/mol. The summed E-state index contributed by atoms with van der Waals surface area (Å²) >= 11 is 0. The van der Waals surface area contributed by atoms with Gasteiger partial charge >= 0.3 is 0 Å². The largest absolute Gasteiger partial charge is 0.454 e. The second-order valence-corrected chi connectivity index (χ2v) is 6.08. The molecule has 4 rings (SSSR count). The van der Waals surface area contributed by atoms with E-state index in [4.69, 9.17) is 9.47 Å². The van der Waals surface area contributed by atoms with Gasteiger partial charge in [-0.2, -0.15) is 0 Å². The number of fused-ring (bicyclic) bond motifs is 1. The summed E-state index contributed by atoms with van der Waals surface area (Å²) < 4.78 is 10.5. The van der Waals surface area contributed by atoms with Gasteiger partial charge in [0.15, 0.2) is 11.5 Å². The van der Waals surface area contributed by atoms with Crippen LogP contribution in [0.5, 0.6) is 11.5 Å². The number of carbonyl (C=O) groups is 3. The molecule has 0 aliphatic carbocycles. The number of nitrogens with one attached hydrogen (secondary N) is 1. The highest BCUT2D eigenvalue weighted by Crippen LogP contribution is 2.33. The minimum absolute atomic E-state index is 0.0559. The minimum Gasteiger partial charge on any atom is -0.454 e. The van der Waals surface area contributed by atoms with E-state index in [1.807, 2.05) is 0 Å². The first-order valence-electron chi connectivity index (χ1n) is 7.86. The van der Waals surface area contributed by atoms with Crippen molar-refractivity contribution in [1.82, 2.24) is 15.1 Å². The van der Waals surface area contributed by atoms with E-state index in [2.05, 4.69) is 5.32 Å². The Labute approximate surface area is 138 Å². The molecule has 0 spiro atoms. The number of carbonyl (C=O) groups excluding carboxylic acids is 3. The van der Waals surface area contributed by atoms with Gasteiger partial charge in [0.05, 0.1) is 12.5 Å². The quantitative estimate of drug-likeness (QED) is 0.785. The van der Waals surface area contributed by atoms with E-state index in [9.17, 15) is 14.4 Å². The highest BCUT2D eigenvalue weighted by molar-refractivity contribution is 5.97. The summed E-state index contributed by atoms with van der Waals surface area (Å²) in [6, 6.07) is 5.07. The van der Waals surface area contributed by atoms with Gasteiger partial charge in [-0.3, -0.25) is 14.4 Å². The lowest BCUT2D eigenvalue weighted by atomic mass is 9.96. The number of nitrogens with zero attached hydrogens (tertiary/aromatic N) is 2. The molecule has 8 nitrogen and oxygen atoms in total. The van der Waals surface area contributed by atoms with Gasteiger partial charge in [0.2, 0.25) is 18.6 Å². The number of hydrogen-bond acceptors (Lipinski definition) is 5. The highest BCUT2D eigenvalue weighted by atomic mass is 16.7. The Morgan fingerprint density at radius 1 is 1.12 bits per heavy atom. The van der Waals surface area contributed by atoms with Crippen LogP contribution in [0, 0.1) is 5.92 Å². The van der Waals surface area contributed by atoms with Gasteiger partial charge in [-0.25, -0.2) is 0 Å². The first-order chi connectivity index (χ1) is 11.6. The molecular weight excluding hydrogens is 314 g/mol. The molecule has 0 atom stereocenters. The number of rotatable bonds is 2. The molecule has 0 bridgehead atoms. The van der Waals surface area contributed by atoms with Crippen molar-refractivity contribution in [1.29, 1.82) is 0 Å². The van der Waals surface area contributed by atoms with Crippen molar-refractivity contribution in [3.05, 3.63) is 23.8 Å². The average molecular weight is 331 g/mol. The summed E-state index contributed by atoms with van der Waals surface area (Å²) in [4.78, 5) is 39.4. The Morgan fingerprint density at radius 3 is 2.71 bits per heavy atom. The van der Waals surface area contributed by atoms with Crippen molar-refractivity contribution in [3.8, 4) is 11.5 Å². The van der Waals surface area contributed by atoms with E-state index in [0.29, 0.717) is 43.2 Å². The molecule has 2 fully saturated rings. The lowest BCUT2D eigenvalue weighted by molar-refractivity contribution is -0.144. The van der Waals surface area contributed by atoms with Crippen molar-refractivity contribution in [3.63, 3.8) is 0 Å². The molecule has 0 saturated carbocycles. The maximum Gasteiger partial charge on any atom is 0.254 e. The van der Waals surface area contributed by atoms with E-state index in [0.717, 1.165) is 0 Å². The van der Waals surface area contributed by atoms with Gasteiger partial charge in [0, 0.05) is 31.7 Å². The SMILES string of the molecule is O=C1CN(C(=O)C2CN(C(=O)c3ccc4c(c3)OCO4)C2)CCN1. The monoisotopic (exact) mass is 331 g/mol. The third kappa shape index (κ3) is 2.53. The van der Waals surface area contributed by atoms with Crippen molar-refractivity contribution < 1.29 is 23.9 Å². The van der Waals surface area contributed by atoms with Crippen molar-refractivity contribution >= 4 is 17.7 Å². The van der Waals surface area contributed by atoms with Crippen LogP contribution in [0.2, 0.25) is 0 Å². The fourth-order valence-electron chi connectivity index (χ4n) is 3.10. The molecule has 3 aliphatic heterocycles. The summed E-state index contributed by atoms with van der Waals surface area (Å²) in [6.07, 6.45) is 0. The van der Waals surface area contributed by atoms with Crippen LogP contribution in [0.15, 0.2) is 18.2 Å². The number of piperazine rings is 1. The van der Waals surface area contributed by atoms with Crippen molar-refractivity contribution in [2.75, 3.05) is 39.5 Å². The fourth-order valence-corrected chi connectivity index (χ4v) is 3.10. The van der Waals surface area contributed by atoms with Gasteiger partial charge < -0.3 is 24.6 Å². The molecule has 3 amide bonds. The molecule has 0 radical (unpaired) electrons. The standard InChI is InChI=1S/C16H17N3O5/c20-14-8-18(4-3-17-14)16(22)11-6-19(7-11)15(21)10-1-2-12-13(5-10)24-9-23-12/h1-2,5,11H,3-4,6-9H2,(H,17,20). The number of benzene rings is 1. The van der Waals surface area contributed by atoms with Crippen molar-refractivity contribution in [2.45, 2.75) is 0 Å². The summed E-state index contributed by atoms with van der Waals surface area (Å²) in [5.41, 5.74) is 0.516. The zero-order valence-electron chi connectivity index (χ0n) is 13.0. The zero-order valence-corrected chi connectivity index (χ0v) is 13.0. The lowest BCUT2D eigenvalue weighted by Crippen LogP contribution is -2.59. The van der Waals surface area contributed by atoms with Crippen LogP contribution >= 0.6 is 0 Å². The van der Waals surface area contributed by atoms with Crippen molar-refractivity contribution in [2.24, 2.45) is 5.92 Å². The first-order valence-corrected chi connectivity index (χ1v) is 7.86. The normalized spacial score (nSPS) is 19.8. The summed E-state index contributed by atoms with van der Waals surface area (Å²) in [7, 11) is 0. The highest BCUT2D eigenvalue weighted by Gasteiger charge is 2.39. The number of hydrogen-bond donors (Lipinski definition) is 1. The van der Waals surface area contributed by atoms with Gasteiger partial charge in [0.1, 0.15) is 0 Å². The molecule has 1 N–H and O–H groups in total. The lowest BCUT2D eigenvalue weighted by Gasteiger charge is -2.41. The number of amides is 3. The Bertz CT molecular complexity index is 714. The van der Waals surface area contributed by atoms with E-state index in [1.54, 1.807) is 28.0 Å². The van der Waals surface area contributed by atoms with E-state index >= 15 is 0 Å². The van der Waals surface area contributed by atoms with Crippen LogP contribution in [0.1, 0.15) is 10.4 Å². The maximum absolute atomic E-state index is 12.5. The zero-order chi connectivity index (χ0) is 16.7. The van der Waals surface area contributed by atoms with E-state index in [1.165, 1.54) is 0 Å². The third-order valence-corrected chi connectivity index (χ3v) is 4.49. The smallest absolute Gasteiger partial charge is 0.254 e. The molecule has 24 heavy (non-hydrogen) atoms. The second-order valence-electron chi connectivity index (χ2n) is 6.08. The molecule has 2 saturated heterocycles. The Kier molecular flexibility index (Phi) is 3.51. The van der Waals surface area contributed by atoms with Crippen LogP contribution < -0.4 is 14.8 Å². The van der Waals surface area contributed by atoms with Gasteiger partial charge in [0.25, 0.3) is 5.91 Å². The van der Waals surface area contributed by atoms with Gasteiger partial charge in [-0.1, -0.05) is 0 Å². The van der Waals surface area contributed by atoms with Crippen LogP contribution in [0.3, 0.4) is 0 Å². The molecule has 0 aromatic heterocycles. The number of ether oxygens (including phenoxy) is 2. The fraction of sp³-hybridized carbons (Fsp3) is 0.438. The molecule has 3 aliphatic rings. The van der Waals surface area contributed by atoms with E-state index in [-0.39, 0.29) is 37.0 Å². The second kappa shape index (κ2) is 5.70. The van der Waals surface area contributed by atoms with Crippen LogP contribution in [0.4, 0.5) is 0 Å². The molecule has 0 unspecified atom stereocenters. The molecule has 126 valence electrons. The van der Waals surface area contributed by atoms with Gasteiger partial charge in [-0.05, 0) is 18.2 Å². The van der Waals surface area contributed by atoms with Crippen LogP contribution in [-0.4, -0.2) is 67.0 Å². The maximum atomic E-state index is 12.5. The molecule has 3 heterocycles. The van der Waals surface area contributed by atoms with E-state index < -0.39 is 0 Å². The van der Waals surface area contributed by atoms with Crippen LogP contribution in [0.25, 0.3) is 0 Å². The van der Waals surface area contributed by atoms with Gasteiger partial charge in [-0.15, -0.1) is 0 Å². The third-order valence-electron chi connectivity index (χ3n) is 4.49. The summed E-state index contributed by atoms with van der Waals surface area (Å²) in [5.74, 6) is 0.643. The number of likely N-dealkylation sites (tertiary alicyclic amines) is 1. The Morgan fingerprint density at radius 2 is 1.92 bits per heavy atom. The molecule has 1 aromatic carbocycles. The Balaban J connectivity index is 1.36. The first kappa shape index (κ1) is 14.8. The Hall–Kier alpha value is -2.77. The topological polar surface area (TPSA) is 88.2 Å². The van der Waals surface area contributed by atoms with Crippen LogP contribution in [-0.2, 0) is 9.59 Å². The summed E-state index contributed by atoms with van der Waals surface area (Å²) in [5, 5.41) is 2.69. The molecule has 8 heteroatoms. The predicted octanol–water partition coefficient (Wildman–Crippen LogP) is -0.554.